The lowest BCUT2D eigenvalue weighted by Gasteiger charge is -2.23. The van der Waals surface area contributed by atoms with Crippen LogP contribution in [0.2, 0.25) is 0 Å². The molecule has 108 valence electrons. The van der Waals surface area contributed by atoms with E-state index >= 15 is 0 Å². The Morgan fingerprint density at radius 1 is 1.33 bits per heavy atom. The number of carboxylic acid groups (broad SMARTS) is 1. The molecular weight excluding hydrogens is 256 g/mol. The van der Waals surface area contributed by atoms with Gasteiger partial charge in [-0.3, -0.25) is 14.5 Å². The smallest absolute Gasteiger partial charge is 0.304 e. The number of likely N-dealkylation sites (N-methyl/N-ethyl adjacent to an activating group) is 1. The van der Waals surface area contributed by atoms with Gasteiger partial charge in [-0.05, 0) is 20.4 Å². The minimum absolute atomic E-state index is 0. The van der Waals surface area contributed by atoms with Crippen molar-refractivity contribution >= 4 is 24.3 Å². The summed E-state index contributed by atoms with van der Waals surface area (Å²) >= 11 is 0. The predicted molar refractivity (Wildman–Crippen MR) is 74.1 cm³/mol. The number of amides is 1. The summed E-state index contributed by atoms with van der Waals surface area (Å²) in [4.78, 5) is 23.9. The second-order valence-electron chi connectivity index (χ2n) is 4.30. The fourth-order valence-corrected chi connectivity index (χ4v) is 1.40. The largest absolute Gasteiger partial charge is 0.481 e. The van der Waals surface area contributed by atoms with E-state index in [1.54, 1.807) is 18.9 Å². The molecule has 2 N–H and O–H groups in total. The third kappa shape index (κ3) is 9.24. The second kappa shape index (κ2) is 11.3. The van der Waals surface area contributed by atoms with Gasteiger partial charge in [0, 0.05) is 13.1 Å². The van der Waals surface area contributed by atoms with Gasteiger partial charge < -0.3 is 10.4 Å². The van der Waals surface area contributed by atoms with Crippen molar-refractivity contribution in [2.24, 2.45) is 0 Å². The van der Waals surface area contributed by atoms with E-state index in [9.17, 15) is 9.59 Å². The summed E-state index contributed by atoms with van der Waals surface area (Å²) in [5.74, 6) is -0.874. The molecule has 0 bridgehead atoms. The molecule has 0 aromatic heterocycles. The second-order valence-corrected chi connectivity index (χ2v) is 4.30. The van der Waals surface area contributed by atoms with Crippen LogP contribution in [0.4, 0.5) is 0 Å². The molecule has 0 spiro atoms. The van der Waals surface area contributed by atoms with Crippen molar-refractivity contribution in [3.05, 3.63) is 0 Å². The number of aliphatic carboxylic acids is 1. The van der Waals surface area contributed by atoms with Crippen molar-refractivity contribution in [3.63, 3.8) is 0 Å². The molecule has 0 saturated carbocycles. The number of carbonyl (C=O) groups is 2. The first kappa shape index (κ1) is 19.5. The Morgan fingerprint density at radius 3 is 2.44 bits per heavy atom. The van der Waals surface area contributed by atoms with Crippen molar-refractivity contribution in [2.45, 2.75) is 45.6 Å². The molecule has 0 rings (SSSR count). The molecule has 5 nitrogen and oxygen atoms in total. The zero-order valence-electron chi connectivity index (χ0n) is 11.4. The number of carboxylic acids is 1. The zero-order valence-corrected chi connectivity index (χ0v) is 12.3. The topological polar surface area (TPSA) is 69.6 Å². The molecule has 1 unspecified atom stereocenters. The number of nitrogens with zero attached hydrogens (tertiary/aromatic N) is 1. The number of hydrogen-bond donors (Lipinski definition) is 2. The van der Waals surface area contributed by atoms with E-state index in [2.05, 4.69) is 12.2 Å². The van der Waals surface area contributed by atoms with E-state index < -0.39 is 5.97 Å². The van der Waals surface area contributed by atoms with E-state index in [-0.39, 0.29) is 30.8 Å². The van der Waals surface area contributed by atoms with Crippen molar-refractivity contribution < 1.29 is 14.7 Å². The van der Waals surface area contributed by atoms with Gasteiger partial charge in [-0.1, -0.05) is 19.8 Å². The maximum atomic E-state index is 11.7. The molecule has 0 aliphatic carbocycles. The van der Waals surface area contributed by atoms with Gasteiger partial charge in [-0.25, -0.2) is 0 Å². The van der Waals surface area contributed by atoms with Crippen molar-refractivity contribution in [2.75, 3.05) is 20.1 Å². The highest BCUT2D eigenvalue weighted by molar-refractivity contribution is 5.85. The Bertz CT molecular complexity index is 249. The lowest BCUT2D eigenvalue weighted by molar-refractivity contribution is -0.138. The van der Waals surface area contributed by atoms with Crippen LogP contribution in [0.3, 0.4) is 0 Å². The number of nitrogens with one attached hydrogen (secondary N) is 1. The first-order valence-electron chi connectivity index (χ1n) is 6.18. The van der Waals surface area contributed by atoms with Crippen LogP contribution in [0, 0.1) is 0 Å². The van der Waals surface area contributed by atoms with E-state index in [0.717, 1.165) is 19.3 Å². The molecule has 0 aliphatic heterocycles. The van der Waals surface area contributed by atoms with Gasteiger partial charge >= 0.3 is 5.97 Å². The van der Waals surface area contributed by atoms with Crippen LogP contribution >= 0.6 is 12.4 Å². The average Bonchev–Trinajstić information content (AvgIpc) is 2.30. The summed E-state index contributed by atoms with van der Waals surface area (Å²) in [6, 6.07) is -0.282. The third-order valence-corrected chi connectivity index (χ3v) is 2.80. The standard InChI is InChI=1S/C12H24N2O3.ClH/c1-4-5-6-8-13-12(17)10(2)14(3)9-7-11(15)16;/h10H,4-9H2,1-3H3,(H,13,17)(H,15,16);1H. The summed E-state index contributed by atoms with van der Waals surface area (Å²) in [5, 5.41) is 11.4. The maximum Gasteiger partial charge on any atom is 0.304 e. The van der Waals surface area contributed by atoms with E-state index in [1.807, 2.05) is 0 Å². The van der Waals surface area contributed by atoms with Gasteiger partial charge in [0.2, 0.25) is 5.91 Å². The van der Waals surface area contributed by atoms with Crippen LogP contribution in [-0.2, 0) is 9.59 Å². The summed E-state index contributed by atoms with van der Waals surface area (Å²) in [7, 11) is 1.76. The van der Waals surface area contributed by atoms with Crippen LogP contribution in [-0.4, -0.2) is 48.1 Å². The Kier molecular flexibility index (Phi) is 12.2. The van der Waals surface area contributed by atoms with Crippen LogP contribution in [0.25, 0.3) is 0 Å². The highest BCUT2D eigenvalue weighted by Crippen LogP contribution is 1.98. The average molecular weight is 281 g/mol. The summed E-state index contributed by atoms with van der Waals surface area (Å²) in [6.07, 6.45) is 3.30. The van der Waals surface area contributed by atoms with Crippen LogP contribution in [0.1, 0.15) is 39.5 Å². The van der Waals surface area contributed by atoms with Gasteiger partial charge in [0.25, 0.3) is 0 Å². The number of carbonyl (C=O) groups excluding carboxylic acids is 1. The Labute approximate surface area is 115 Å². The summed E-state index contributed by atoms with van der Waals surface area (Å²) in [6.45, 7) is 4.99. The van der Waals surface area contributed by atoms with Crippen molar-refractivity contribution in [1.82, 2.24) is 10.2 Å². The fourth-order valence-electron chi connectivity index (χ4n) is 1.40. The quantitative estimate of drug-likeness (QED) is 0.628. The molecule has 0 aromatic rings. The van der Waals surface area contributed by atoms with Gasteiger partial charge in [0.1, 0.15) is 0 Å². The Balaban J connectivity index is 0. The van der Waals surface area contributed by atoms with Crippen molar-refractivity contribution in [3.8, 4) is 0 Å². The van der Waals surface area contributed by atoms with Gasteiger partial charge in [0.05, 0.1) is 12.5 Å². The lowest BCUT2D eigenvalue weighted by Crippen LogP contribution is -2.44. The summed E-state index contributed by atoms with van der Waals surface area (Å²) in [5.41, 5.74) is 0. The predicted octanol–water partition coefficient (Wildman–Crippen LogP) is 1.51. The molecule has 0 aromatic carbocycles. The van der Waals surface area contributed by atoms with Crippen molar-refractivity contribution in [1.29, 1.82) is 0 Å². The maximum absolute atomic E-state index is 11.7. The number of hydrogen-bond acceptors (Lipinski definition) is 3. The fraction of sp³-hybridized carbons (Fsp3) is 0.833. The van der Waals surface area contributed by atoms with E-state index in [4.69, 9.17) is 5.11 Å². The third-order valence-electron chi connectivity index (χ3n) is 2.80. The highest BCUT2D eigenvalue weighted by Gasteiger charge is 2.17. The number of halogens is 1. The number of unbranched alkanes of at least 4 members (excludes halogenated alkanes) is 2. The van der Waals surface area contributed by atoms with Crippen LogP contribution in [0.15, 0.2) is 0 Å². The Hall–Kier alpha value is -0.810. The molecule has 18 heavy (non-hydrogen) atoms. The molecule has 1 atom stereocenters. The molecule has 0 heterocycles. The zero-order chi connectivity index (χ0) is 13.3. The molecule has 0 aliphatic rings. The molecule has 0 fully saturated rings. The van der Waals surface area contributed by atoms with Crippen LogP contribution < -0.4 is 5.32 Å². The van der Waals surface area contributed by atoms with E-state index in [0.29, 0.717) is 13.1 Å². The molecular formula is C12H25ClN2O3. The van der Waals surface area contributed by atoms with Gasteiger partial charge in [-0.2, -0.15) is 0 Å². The molecule has 0 saturated heterocycles. The number of rotatable bonds is 9. The normalized spacial score (nSPS) is 11.8. The van der Waals surface area contributed by atoms with Gasteiger partial charge in [0.15, 0.2) is 0 Å². The SMILES string of the molecule is CCCCCNC(=O)C(C)N(C)CCC(=O)O.Cl. The highest BCUT2D eigenvalue weighted by atomic mass is 35.5. The minimum Gasteiger partial charge on any atom is -0.481 e. The molecule has 0 radical (unpaired) electrons. The van der Waals surface area contributed by atoms with Crippen LogP contribution in [0.5, 0.6) is 0 Å². The molecule has 6 heteroatoms. The summed E-state index contributed by atoms with van der Waals surface area (Å²) < 4.78 is 0. The molecule has 1 amide bonds. The lowest BCUT2D eigenvalue weighted by atomic mass is 10.2. The van der Waals surface area contributed by atoms with E-state index in [1.165, 1.54) is 0 Å². The first-order chi connectivity index (χ1) is 7.99. The minimum atomic E-state index is -0.840. The van der Waals surface area contributed by atoms with Gasteiger partial charge in [-0.15, -0.1) is 12.4 Å². The monoisotopic (exact) mass is 280 g/mol. The first-order valence-corrected chi connectivity index (χ1v) is 6.18. The Morgan fingerprint density at radius 2 is 1.94 bits per heavy atom.